The van der Waals surface area contributed by atoms with Crippen molar-refractivity contribution < 1.29 is 39.0 Å². The number of hydrogen-bond acceptors (Lipinski definition) is 7. The van der Waals surface area contributed by atoms with E-state index in [1.165, 1.54) is 31.3 Å². The summed E-state index contributed by atoms with van der Waals surface area (Å²) in [6.07, 6.45) is -2.86. The second-order valence-electron chi connectivity index (χ2n) is 8.12. The molecule has 0 bridgehead atoms. The maximum atomic E-state index is 13.6. The normalized spacial score (nSPS) is 14.7. The molecule has 1 aromatic heterocycles. The van der Waals surface area contributed by atoms with Crippen molar-refractivity contribution in [2.75, 3.05) is 6.26 Å². The summed E-state index contributed by atoms with van der Waals surface area (Å²) in [5.74, 6) is -1.67. The van der Waals surface area contributed by atoms with Gasteiger partial charge in [-0.05, 0) is 43.2 Å². The Balaban J connectivity index is 1.89. The van der Waals surface area contributed by atoms with E-state index < -0.39 is 53.8 Å². The second-order valence-corrected chi connectivity index (χ2v) is 11.7. The van der Waals surface area contributed by atoms with Gasteiger partial charge in [0.2, 0.25) is 11.7 Å². The summed E-state index contributed by atoms with van der Waals surface area (Å²) in [7, 11) is -7.34. The Bertz CT molecular complexity index is 1530. The molecule has 8 nitrogen and oxygen atoms in total. The van der Waals surface area contributed by atoms with Crippen molar-refractivity contribution in [1.82, 2.24) is 9.78 Å². The van der Waals surface area contributed by atoms with Crippen molar-refractivity contribution in [3.63, 3.8) is 0 Å². The van der Waals surface area contributed by atoms with E-state index in [0.29, 0.717) is 31.2 Å². The monoisotopic (exact) mass is 528 g/mol. The number of carbonyl (C=O) groups excluding carboxylic acids is 1. The van der Waals surface area contributed by atoms with Crippen LogP contribution in [0.5, 0.6) is 5.88 Å². The lowest BCUT2D eigenvalue weighted by atomic mass is 10.00. The van der Waals surface area contributed by atoms with Crippen molar-refractivity contribution in [2.24, 2.45) is 7.05 Å². The number of halogens is 3. The topological polar surface area (TPSA) is 112 Å². The van der Waals surface area contributed by atoms with Crippen LogP contribution in [0.4, 0.5) is 13.2 Å². The first-order valence-corrected chi connectivity index (χ1v) is 13.5. The molecule has 1 aliphatic rings. The number of nitrogens with zero attached hydrogens (tertiary/aromatic N) is 2. The average Bonchev–Trinajstić information content (AvgIpc) is 3.57. The highest BCUT2D eigenvalue weighted by Crippen LogP contribution is 2.44. The first-order valence-electron chi connectivity index (χ1n) is 10.2. The summed E-state index contributed by atoms with van der Waals surface area (Å²) in [5.41, 5.74) is -1.90. The molecular formula is C22H19F3N2O6S2. The number of sulfone groups is 1. The molecule has 1 aliphatic carbocycles. The number of aromatic nitrogens is 2. The fourth-order valence-corrected chi connectivity index (χ4v) is 5.43. The summed E-state index contributed by atoms with van der Waals surface area (Å²) in [6.45, 7) is 0. The average molecular weight is 529 g/mol. The molecule has 1 saturated carbocycles. The molecule has 0 atom stereocenters. The number of benzene rings is 2. The van der Waals surface area contributed by atoms with Crippen LogP contribution in [0.3, 0.4) is 0 Å². The molecule has 186 valence electrons. The van der Waals surface area contributed by atoms with Crippen molar-refractivity contribution in [3.05, 3.63) is 70.9 Å². The number of aryl methyl sites for hydroxylation is 1. The maximum Gasteiger partial charge on any atom is 0.416 e. The predicted octanol–water partition coefficient (Wildman–Crippen LogP) is 3.72. The van der Waals surface area contributed by atoms with Gasteiger partial charge < -0.3 is 4.18 Å². The van der Waals surface area contributed by atoms with E-state index in [1.54, 1.807) is 6.07 Å². The Morgan fingerprint density at radius 1 is 1.06 bits per heavy atom. The van der Waals surface area contributed by atoms with Crippen LogP contribution in [-0.2, 0) is 33.2 Å². The summed E-state index contributed by atoms with van der Waals surface area (Å²) in [6, 6.07) is 8.86. The molecule has 1 fully saturated rings. The smallest absolute Gasteiger partial charge is 0.358 e. The van der Waals surface area contributed by atoms with E-state index in [-0.39, 0.29) is 22.1 Å². The van der Waals surface area contributed by atoms with Gasteiger partial charge in [0.1, 0.15) is 10.5 Å². The minimum Gasteiger partial charge on any atom is -0.358 e. The van der Waals surface area contributed by atoms with Crippen LogP contribution in [0.15, 0.2) is 58.3 Å². The van der Waals surface area contributed by atoms with E-state index in [2.05, 4.69) is 5.10 Å². The molecule has 0 unspecified atom stereocenters. The third-order valence-electron chi connectivity index (χ3n) is 5.39. The summed E-state index contributed by atoms with van der Waals surface area (Å²) >= 11 is 0. The Kier molecular flexibility index (Phi) is 6.04. The molecule has 13 heteroatoms. The van der Waals surface area contributed by atoms with Gasteiger partial charge in [-0.1, -0.05) is 18.2 Å². The quantitative estimate of drug-likeness (QED) is 0.339. The molecule has 3 aromatic rings. The number of ketones is 1. The second kappa shape index (κ2) is 8.48. The number of carbonyl (C=O) groups is 1. The van der Waals surface area contributed by atoms with E-state index in [9.17, 15) is 34.8 Å². The van der Waals surface area contributed by atoms with Gasteiger partial charge in [-0.3, -0.25) is 4.79 Å². The molecule has 0 N–H and O–H groups in total. The third kappa shape index (κ3) is 4.96. The SMILES string of the molecule is Cn1nc(C2CC2)c(C(=O)c2ccc(C(F)(F)F)cc2S(C)(=O)=O)c1OS(=O)(=O)c1ccccc1. The lowest BCUT2D eigenvalue weighted by Gasteiger charge is -2.13. The zero-order valence-corrected chi connectivity index (χ0v) is 20.0. The van der Waals surface area contributed by atoms with E-state index in [1.807, 2.05) is 0 Å². The zero-order valence-electron chi connectivity index (χ0n) is 18.4. The first-order chi connectivity index (χ1) is 16.2. The van der Waals surface area contributed by atoms with Gasteiger partial charge in [-0.2, -0.15) is 26.7 Å². The Labute approximate surface area is 199 Å². The molecular weight excluding hydrogens is 509 g/mol. The highest BCUT2D eigenvalue weighted by atomic mass is 32.2. The summed E-state index contributed by atoms with van der Waals surface area (Å²) in [5, 5.41) is 4.22. The standard InChI is InChI=1S/C22H19F3N2O6S2/c1-27-21(33-35(31,32)15-6-4-3-5-7-15)18(19(26-27)13-8-9-13)20(28)16-11-10-14(22(23,24)25)12-17(16)34(2,29)30/h3-7,10-13H,8-9H2,1-2H3. The van der Waals surface area contributed by atoms with Gasteiger partial charge in [0.05, 0.1) is 16.2 Å². The molecule has 0 amide bonds. The van der Waals surface area contributed by atoms with Crippen LogP contribution in [-0.4, -0.2) is 38.7 Å². The summed E-state index contributed by atoms with van der Waals surface area (Å²) < 4.78 is 96.4. The minimum absolute atomic E-state index is 0.190. The molecule has 35 heavy (non-hydrogen) atoms. The van der Waals surface area contributed by atoms with Gasteiger partial charge >= 0.3 is 16.3 Å². The van der Waals surface area contributed by atoms with Crippen LogP contribution >= 0.6 is 0 Å². The third-order valence-corrected chi connectivity index (χ3v) is 7.75. The van der Waals surface area contributed by atoms with E-state index in [4.69, 9.17) is 4.18 Å². The first kappa shape index (κ1) is 24.9. The Hall–Kier alpha value is -3.19. The zero-order chi connectivity index (χ0) is 25.8. The molecule has 1 heterocycles. The Morgan fingerprint density at radius 2 is 1.69 bits per heavy atom. The van der Waals surface area contributed by atoms with Crippen LogP contribution in [0, 0.1) is 0 Å². The molecule has 4 rings (SSSR count). The van der Waals surface area contributed by atoms with Gasteiger partial charge in [-0.15, -0.1) is 0 Å². The lowest BCUT2D eigenvalue weighted by molar-refractivity contribution is -0.137. The lowest BCUT2D eigenvalue weighted by Crippen LogP contribution is -2.17. The van der Waals surface area contributed by atoms with Crippen molar-refractivity contribution in [2.45, 2.75) is 34.7 Å². The fraction of sp³-hybridized carbons (Fsp3) is 0.273. The predicted molar refractivity (Wildman–Crippen MR) is 117 cm³/mol. The Morgan fingerprint density at radius 3 is 2.23 bits per heavy atom. The summed E-state index contributed by atoms with van der Waals surface area (Å²) in [4.78, 5) is 12.6. The maximum absolute atomic E-state index is 13.6. The molecule has 0 spiro atoms. The van der Waals surface area contributed by atoms with Crippen LogP contribution in [0.1, 0.15) is 45.9 Å². The van der Waals surface area contributed by atoms with Crippen molar-refractivity contribution in [3.8, 4) is 5.88 Å². The van der Waals surface area contributed by atoms with Crippen molar-refractivity contribution >= 4 is 25.7 Å². The molecule has 0 aliphatic heterocycles. The highest BCUT2D eigenvalue weighted by Gasteiger charge is 2.39. The van der Waals surface area contributed by atoms with E-state index in [0.717, 1.165) is 10.7 Å². The van der Waals surface area contributed by atoms with Gasteiger partial charge in [0.15, 0.2) is 9.84 Å². The van der Waals surface area contributed by atoms with Gasteiger partial charge in [0.25, 0.3) is 0 Å². The number of alkyl halides is 3. The van der Waals surface area contributed by atoms with E-state index >= 15 is 0 Å². The fourth-order valence-electron chi connectivity index (χ4n) is 3.55. The molecule has 0 saturated heterocycles. The van der Waals surface area contributed by atoms with Crippen LogP contribution < -0.4 is 4.18 Å². The van der Waals surface area contributed by atoms with Gasteiger partial charge in [0, 0.05) is 24.8 Å². The van der Waals surface area contributed by atoms with Crippen molar-refractivity contribution in [1.29, 1.82) is 0 Å². The van der Waals surface area contributed by atoms with Crippen LogP contribution in [0.2, 0.25) is 0 Å². The molecule has 2 aromatic carbocycles. The number of rotatable bonds is 7. The van der Waals surface area contributed by atoms with Crippen LogP contribution in [0.25, 0.3) is 0 Å². The largest absolute Gasteiger partial charge is 0.416 e. The molecule has 0 radical (unpaired) electrons. The van der Waals surface area contributed by atoms with Gasteiger partial charge in [-0.25, -0.2) is 13.1 Å². The highest BCUT2D eigenvalue weighted by molar-refractivity contribution is 7.90. The minimum atomic E-state index is -4.84. The number of hydrogen-bond donors (Lipinski definition) is 0.